The molecule has 11 N–H and O–H groups in total. The number of phosphoric ester groups is 1. The van der Waals surface area contributed by atoms with Crippen molar-refractivity contribution in [2.45, 2.75) is 116 Å². The molecular formula is C57H75N10O22P3S2. The number of rotatable bonds is 28. The molecule has 5 aromatic rings. The Hall–Kier alpha value is -6.39. The van der Waals surface area contributed by atoms with Gasteiger partial charge in [0.1, 0.15) is 48.4 Å². The molecule has 0 aliphatic carbocycles. The number of benzene rings is 3. The van der Waals surface area contributed by atoms with Gasteiger partial charge in [-0.15, -0.1) is 0 Å². The number of nitrogens with zero attached hydrogens (tertiary/aromatic N) is 7. The van der Waals surface area contributed by atoms with Gasteiger partial charge in [0.05, 0.1) is 39.6 Å². The van der Waals surface area contributed by atoms with E-state index >= 15 is 0 Å². The van der Waals surface area contributed by atoms with E-state index in [1.807, 2.05) is 53.7 Å². The Morgan fingerprint density at radius 2 is 1.53 bits per heavy atom. The second-order valence-electron chi connectivity index (χ2n) is 24.0. The van der Waals surface area contributed by atoms with Gasteiger partial charge in [-0.05, 0) is 87.9 Å². The van der Waals surface area contributed by atoms with Gasteiger partial charge in [0.25, 0.3) is 16.0 Å². The van der Waals surface area contributed by atoms with Crippen molar-refractivity contribution in [2.24, 2.45) is 0 Å². The largest absolute Gasteiger partial charge is 0.748 e. The predicted molar refractivity (Wildman–Crippen MR) is 342 cm³/mol. The molecule has 32 nitrogen and oxygen atoms in total. The molecule has 94 heavy (non-hydrogen) atoms. The van der Waals surface area contributed by atoms with E-state index in [0.717, 1.165) is 6.33 Å². The van der Waals surface area contributed by atoms with Crippen LogP contribution in [-0.2, 0) is 56.6 Å². The lowest BCUT2D eigenvalue weighted by Crippen LogP contribution is -2.50. The lowest BCUT2D eigenvalue weighted by molar-refractivity contribution is -0.121. The van der Waals surface area contributed by atoms with Crippen molar-refractivity contribution < 1.29 is 102 Å². The van der Waals surface area contributed by atoms with Crippen molar-refractivity contribution in [2.75, 3.05) is 73.8 Å². The maximum absolute atomic E-state index is 14.8. The summed E-state index contributed by atoms with van der Waals surface area (Å²) >= 11 is 0. The van der Waals surface area contributed by atoms with E-state index in [0.29, 0.717) is 113 Å². The summed E-state index contributed by atoms with van der Waals surface area (Å²) in [6.45, 7) is 12.4. The second kappa shape index (κ2) is 27.6. The summed E-state index contributed by atoms with van der Waals surface area (Å²) in [5, 5.41) is 29.1. The predicted octanol–water partition coefficient (Wildman–Crippen LogP) is 3.49. The van der Waals surface area contributed by atoms with E-state index < -0.39 is 103 Å². The number of fused-ring (bicyclic) bond motifs is 5. The number of unbranched alkanes of at least 4 members (excludes halogenated alkanes) is 3. The second-order valence-corrected chi connectivity index (χ2v) is 31.3. The Kier molecular flexibility index (Phi) is 21.1. The maximum atomic E-state index is 14.8. The number of anilines is 3. The van der Waals surface area contributed by atoms with Crippen LogP contribution in [0.25, 0.3) is 27.9 Å². The highest BCUT2D eigenvalue weighted by molar-refractivity contribution is 7.86. The lowest BCUT2D eigenvalue weighted by atomic mass is 9.83. The van der Waals surface area contributed by atoms with Crippen LogP contribution in [0.3, 0.4) is 0 Å². The van der Waals surface area contributed by atoms with Crippen LogP contribution >= 0.6 is 23.5 Å². The number of nitrogens with one attached hydrogen (secondary N) is 2. The third-order valence-corrected chi connectivity index (χ3v) is 21.4. The molecule has 37 heteroatoms. The summed E-state index contributed by atoms with van der Waals surface area (Å²) in [4.78, 5) is 81.2. The molecule has 4 aliphatic rings. The summed E-state index contributed by atoms with van der Waals surface area (Å²) in [5.41, 5.74) is 8.64. The first kappa shape index (κ1) is 71.9. The zero-order valence-corrected chi connectivity index (χ0v) is 56.5. The number of aromatic nitrogens is 4. The lowest BCUT2D eigenvalue weighted by Gasteiger charge is -2.44. The zero-order valence-electron chi connectivity index (χ0n) is 52.2. The van der Waals surface area contributed by atoms with Crippen molar-refractivity contribution in [3.8, 4) is 11.5 Å². The van der Waals surface area contributed by atoms with E-state index in [-0.39, 0.29) is 59.4 Å². The number of amides is 2. The van der Waals surface area contributed by atoms with Crippen LogP contribution in [0.5, 0.6) is 11.5 Å². The van der Waals surface area contributed by atoms with Crippen molar-refractivity contribution in [1.29, 1.82) is 0 Å². The highest BCUT2D eigenvalue weighted by atomic mass is 32.2. The van der Waals surface area contributed by atoms with Gasteiger partial charge in [-0.2, -0.15) is 17.0 Å². The van der Waals surface area contributed by atoms with Crippen LogP contribution in [0.1, 0.15) is 119 Å². The molecular weight excluding hydrogens is 1330 g/mol. The highest BCUT2D eigenvalue weighted by Crippen LogP contribution is 2.66. The quantitative estimate of drug-likeness (QED) is 0.0145. The first-order valence-electron chi connectivity index (χ1n) is 29.7. The van der Waals surface area contributed by atoms with Crippen LogP contribution in [0.2, 0.25) is 0 Å². The number of nitrogen functional groups attached to an aromatic ring is 1. The van der Waals surface area contributed by atoms with E-state index in [2.05, 4.69) is 48.2 Å². The Bertz CT molecular complexity index is 4410. The van der Waals surface area contributed by atoms with Crippen LogP contribution in [0.15, 0.2) is 67.0 Å². The number of phosphoric acid groups is 3. The normalized spacial score (nSPS) is 20.4. The van der Waals surface area contributed by atoms with E-state index in [1.54, 1.807) is 55.6 Å². The van der Waals surface area contributed by atoms with Crippen LogP contribution in [-0.4, -0.2) is 179 Å². The average Bonchev–Trinajstić information content (AvgIpc) is 0.915. The molecule has 6 heterocycles. The summed E-state index contributed by atoms with van der Waals surface area (Å²) in [7, 11) is -24.8. The van der Waals surface area contributed by atoms with E-state index in [9.17, 15) is 69.2 Å². The smallest absolute Gasteiger partial charge is 0.490 e. The van der Waals surface area contributed by atoms with E-state index in [1.165, 1.54) is 9.47 Å². The van der Waals surface area contributed by atoms with Crippen molar-refractivity contribution in [1.82, 2.24) is 34.3 Å². The monoisotopic (exact) mass is 1410 g/mol. The number of carbonyl (C=O) groups excluding carboxylic acids is 2. The number of nitrogens with two attached hydrogens (primary N) is 1. The molecule has 0 saturated carbocycles. The van der Waals surface area contributed by atoms with Gasteiger partial charge in [0.2, 0.25) is 17.2 Å². The fourth-order valence-electron chi connectivity index (χ4n) is 12.4. The number of aliphatic hydroxyl groups is 2. The number of imidazole rings is 1. The SMILES string of the molecule is CCN1c2cc3c(cc2C(CS(=O)(=O)[O-])=CC1(C)C)C(c1ccccc1C(=O)N(C)CCCC(=O)NCCCCCCNc1nc2c(N)ncnc2n1[C@@H]1O[C@H](COP(=O)(O)OP(=O)(O)OP(=O)(O)O)[C@@H](O)[C@H]1O)=c1cc2c(cc1O3)=[N+](CC)C(C)(C)C=C2CS(=O)(=O)O. The van der Waals surface area contributed by atoms with Crippen LogP contribution in [0.4, 0.5) is 17.5 Å². The molecule has 6 atom stereocenters. The van der Waals surface area contributed by atoms with Gasteiger partial charge in [-0.25, -0.2) is 41.6 Å². The third kappa shape index (κ3) is 16.3. The minimum absolute atomic E-state index is 0.0491. The summed E-state index contributed by atoms with van der Waals surface area (Å²) in [6, 6.07) is 14.1. The van der Waals surface area contributed by atoms with Crippen molar-refractivity contribution in [3.63, 3.8) is 0 Å². The molecule has 512 valence electrons. The number of hydrogen-bond acceptors (Lipinski definition) is 23. The van der Waals surface area contributed by atoms with Gasteiger partial charge >= 0.3 is 23.5 Å². The van der Waals surface area contributed by atoms with Crippen LogP contribution in [0, 0.1) is 0 Å². The number of ether oxygens (including phenoxy) is 2. The fourth-order valence-corrected chi connectivity index (χ4v) is 16.7. The third-order valence-electron chi connectivity index (χ3n) is 16.3. The summed E-state index contributed by atoms with van der Waals surface area (Å²) in [6.07, 6.45) is 0.850. The number of aliphatic hydroxyl groups excluding tert-OH is 2. The van der Waals surface area contributed by atoms with Crippen molar-refractivity contribution >= 4 is 101 Å². The first-order chi connectivity index (χ1) is 43.8. The number of carbonyl (C=O) groups is 2. The van der Waals surface area contributed by atoms with Crippen LogP contribution < -0.4 is 41.2 Å². The van der Waals surface area contributed by atoms with Gasteiger partial charge in [0.15, 0.2) is 28.7 Å². The minimum atomic E-state index is -5.85. The zero-order chi connectivity index (χ0) is 68.8. The Morgan fingerprint density at radius 3 is 2.20 bits per heavy atom. The Morgan fingerprint density at radius 1 is 0.840 bits per heavy atom. The molecule has 2 unspecified atom stereocenters. The first-order valence-corrected chi connectivity index (χ1v) is 37.5. The molecule has 3 aromatic carbocycles. The van der Waals surface area contributed by atoms with Crippen molar-refractivity contribution in [3.05, 3.63) is 105 Å². The van der Waals surface area contributed by atoms with Gasteiger partial charge in [-0.3, -0.25) is 23.2 Å². The number of likely N-dealkylation sites (N-methyl/N-ethyl adjacent to an activating group) is 2. The van der Waals surface area contributed by atoms with Gasteiger partial charge in [-0.1, -0.05) is 37.1 Å². The Balaban J connectivity index is 0.852. The molecule has 1 saturated heterocycles. The minimum Gasteiger partial charge on any atom is -0.748 e. The Labute approximate surface area is 540 Å². The summed E-state index contributed by atoms with van der Waals surface area (Å²) in [5.74, 6) is -1.37. The fraction of sp³-hybridized carbons (Fsp3) is 0.474. The molecule has 1 fully saturated rings. The summed E-state index contributed by atoms with van der Waals surface area (Å²) < 4.78 is 136. The molecule has 0 radical (unpaired) electrons. The molecule has 2 aromatic heterocycles. The molecule has 2 amide bonds. The molecule has 0 spiro atoms. The van der Waals surface area contributed by atoms with Gasteiger partial charge in [0, 0.05) is 92.7 Å². The molecule has 4 aliphatic heterocycles. The average molecular weight is 1410 g/mol. The van der Waals surface area contributed by atoms with Gasteiger partial charge < -0.3 is 70.0 Å². The standard InChI is InChI=1S/C57H75N10O22P3S2/c1-8-65-41-25-43-39(23-37(41)33(27-56(65,3)4)30-93(79,80)81)47(40-24-38-34(31-94(82,83)84)28-57(5,6)66(9-2)42(38)26-44(40)86-43)35-17-12-13-18-36(35)53(71)64(7)22-16-19-46(68)59-20-14-10-11-15-21-60-55-63-48-51(58)61-32-62-52(48)67(55)54-50(70)49(69)45(87-54)29-85-91(75,76)89-92(77,78)88-90(72,73)74/h12-13,17-18,23-28,32,45,49-50,54,58,69-70H,8-11,14-16,19-22,29-31H2,1-7H3,(H8,59,68,71,72,73,74,75,76,77,78,79,80,81,82,83,84)/t45-,49-,50-,54-/m1/s1. The van der Waals surface area contributed by atoms with E-state index in [4.69, 9.17) is 25.0 Å². The molecule has 9 rings (SSSR count). The number of hydrogen-bond donors (Lipinski definition) is 10. The highest BCUT2D eigenvalue weighted by Gasteiger charge is 2.48. The maximum Gasteiger partial charge on any atom is 0.490 e. The topological polar surface area (TPSA) is 468 Å². The molecule has 0 bridgehead atoms.